The van der Waals surface area contributed by atoms with Crippen LogP contribution in [0.5, 0.6) is 0 Å². The van der Waals surface area contributed by atoms with E-state index in [1.165, 1.54) is 5.56 Å². The third kappa shape index (κ3) is 4.04. The van der Waals surface area contributed by atoms with E-state index in [0.29, 0.717) is 19.1 Å². The molecule has 1 aromatic heterocycles. The van der Waals surface area contributed by atoms with E-state index < -0.39 is 0 Å². The first kappa shape index (κ1) is 16.4. The number of rotatable bonds is 6. The van der Waals surface area contributed by atoms with E-state index in [9.17, 15) is 4.79 Å². The van der Waals surface area contributed by atoms with E-state index in [1.807, 2.05) is 6.07 Å². The molecule has 4 nitrogen and oxygen atoms in total. The van der Waals surface area contributed by atoms with Crippen molar-refractivity contribution in [3.05, 3.63) is 51.8 Å². The van der Waals surface area contributed by atoms with Crippen molar-refractivity contribution < 1.29 is 0 Å². The van der Waals surface area contributed by atoms with Crippen molar-refractivity contribution in [2.24, 2.45) is 0 Å². The van der Waals surface area contributed by atoms with Gasteiger partial charge in [0.2, 0.25) is 0 Å². The summed E-state index contributed by atoms with van der Waals surface area (Å²) in [5, 5.41) is 7.84. The van der Waals surface area contributed by atoms with Crippen LogP contribution in [0.4, 0.5) is 0 Å². The summed E-state index contributed by atoms with van der Waals surface area (Å²) in [5.41, 5.74) is 3.89. The molecule has 0 bridgehead atoms. The predicted molar refractivity (Wildman–Crippen MR) is 90.9 cm³/mol. The molecule has 0 aliphatic carbocycles. The SMILES string of the molecule is CCCn1nc(-c2ccc(C)cc2)cc(CNC(C)C)c1=O. The van der Waals surface area contributed by atoms with Gasteiger partial charge in [0.25, 0.3) is 5.56 Å². The van der Waals surface area contributed by atoms with E-state index in [2.05, 4.69) is 62.4 Å². The second kappa shape index (κ2) is 7.36. The molecular weight excluding hydrogens is 274 g/mol. The minimum Gasteiger partial charge on any atom is -0.310 e. The van der Waals surface area contributed by atoms with Crippen molar-refractivity contribution >= 4 is 0 Å². The van der Waals surface area contributed by atoms with Crippen molar-refractivity contribution in [3.8, 4) is 11.3 Å². The van der Waals surface area contributed by atoms with E-state index in [-0.39, 0.29) is 5.56 Å². The highest BCUT2D eigenvalue weighted by molar-refractivity contribution is 5.59. The normalized spacial score (nSPS) is 11.1. The largest absolute Gasteiger partial charge is 0.310 e. The summed E-state index contributed by atoms with van der Waals surface area (Å²) in [7, 11) is 0. The third-order valence-electron chi connectivity index (χ3n) is 3.53. The first-order chi connectivity index (χ1) is 10.5. The molecular formula is C18H25N3O. The van der Waals surface area contributed by atoms with Crippen molar-refractivity contribution in [3.63, 3.8) is 0 Å². The molecule has 4 heteroatoms. The minimum atomic E-state index is 0.00543. The lowest BCUT2D eigenvalue weighted by atomic mass is 10.1. The Hall–Kier alpha value is -1.94. The molecule has 0 aliphatic heterocycles. The Labute approximate surface area is 132 Å². The first-order valence-electron chi connectivity index (χ1n) is 7.92. The van der Waals surface area contributed by atoms with Crippen LogP contribution in [-0.2, 0) is 13.1 Å². The molecule has 0 amide bonds. The molecule has 0 spiro atoms. The Balaban J connectivity index is 2.44. The monoisotopic (exact) mass is 299 g/mol. The van der Waals surface area contributed by atoms with Gasteiger partial charge in [-0.3, -0.25) is 4.79 Å². The van der Waals surface area contributed by atoms with Crippen LogP contribution < -0.4 is 10.9 Å². The average molecular weight is 299 g/mol. The topological polar surface area (TPSA) is 46.9 Å². The average Bonchev–Trinajstić information content (AvgIpc) is 2.49. The van der Waals surface area contributed by atoms with E-state index in [4.69, 9.17) is 0 Å². The third-order valence-corrected chi connectivity index (χ3v) is 3.53. The van der Waals surface area contributed by atoms with Crippen LogP contribution in [0.3, 0.4) is 0 Å². The van der Waals surface area contributed by atoms with Gasteiger partial charge in [-0.25, -0.2) is 4.68 Å². The molecule has 0 unspecified atom stereocenters. The summed E-state index contributed by atoms with van der Waals surface area (Å²) in [6, 6.07) is 10.5. The van der Waals surface area contributed by atoms with Gasteiger partial charge >= 0.3 is 0 Å². The highest BCUT2D eigenvalue weighted by Crippen LogP contribution is 2.17. The fraction of sp³-hybridized carbons (Fsp3) is 0.444. The number of aryl methyl sites for hydroxylation is 2. The summed E-state index contributed by atoms with van der Waals surface area (Å²) < 4.78 is 1.59. The van der Waals surface area contributed by atoms with Gasteiger partial charge in [0.1, 0.15) is 0 Å². The van der Waals surface area contributed by atoms with E-state index in [0.717, 1.165) is 23.2 Å². The number of benzene rings is 1. The Morgan fingerprint density at radius 2 is 1.91 bits per heavy atom. The highest BCUT2D eigenvalue weighted by atomic mass is 16.1. The number of nitrogens with one attached hydrogen (secondary N) is 1. The molecule has 0 atom stereocenters. The minimum absolute atomic E-state index is 0.00543. The lowest BCUT2D eigenvalue weighted by molar-refractivity contribution is 0.544. The second-order valence-corrected chi connectivity index (χ2v) is 5.98. The number of aromatic nitrogens is 2. The van der Waals surface area contributed by atoms with Crippen molar-refractivity contribution in [2.45, 2.75) is 53.2 Å². The van der Waals surface area contributed by atoms with Gasteiger partial charge in [0.05, 0.1) is 5.69 Å². The molecule has 118 valence electrons. The Morgan fingerprint density at radius 1 is 1.23 bits per heavy atom. The quantitative estimate of drug-likeness (QED) is 0.891. The zero-order valence-electron chi connectivity index (χ0n) is 13.9. The standard InChI is InChI=1S/C18H25N3O/c1-5-10-21-18(22)16(12-19-13(2)3)11-17(20-21)15-8-6-14(4)7-9-15/h6-9,11,13,19H,5,10,12H2,1-4H3. The molecule has 1 N–H and O–H groups in total. The smallest absolute Gasteiger partial charge is 0.271 e. The first-order valence-corrected chi connectivity index (χ1v) is 7.92. The molecule has 0 fully saturated rings. The highest BCUT2D eigenvalue weighted by Gasteiger charge is 2.10. The molecule has 0 radical (unpaired) electrons. The Bertz CT molecular complexity index is 672. The molecule has 1 aromatic carbocycles. The Kier molecular flexibility index (Phi) is 5.50. The summed E-state index contributed by atoms with van der Waals surface area (Å²) in [6.07, 6.45) is 0.890. The van der Waals surface area contributed by atoms with Gasteiger partial charge in [-0.15, -0.1) is 0 Å². The maximum Gasteiger partial charge on any atom is 0.271 e. The summed E-state index contributed by atoms with van der Waals surface area (Å²) in [4.78, 5) is 12.5. The van der Waals surface area contributed by atoms with Gasteiger partial charge < -0.3 is 5.32 Å². The van der Waals surface area contributed by atoms with Crippen LogP contribution in [0, 0.1) is 6.92 Å². The molecule has 0 saturated heterocycles. The lowest BCUT2D eigenvalue weighted by Crippen LogP contribution is -2.31. The number of hydrogen-bond donors (Lipinski definition) is 1. The zero-order chi connectivity index (χ0) is 16.1. The van der Waals surface area contributed by atoms with Crippen LogP contribution in [-0.4, -0.2) is 15.8 Å². The summed E-state index contributed by atoms with van der Waals surface area (Å²) in [5.74, 6) is 0. The maximum absolute atomic E-state index is 12.5. The van der Waals surface area contributed by atoms with Crippen LogP contribution in [0.2, 0.25) is 0 Å². The van der Waals surface area contributed by atoms with Gasteiger partial charge in [-0.05, 0) is 19.4 Å². The number of hydrogen-bond acceptors (Lipinski definition) is 3. The summed E-state index contributed by atoms with van der Waals surface area (Å²) >= 11 is 0. The van der Waals surface area contributed by atoms with Gasteiger partial charge in [0, 0.05) is 30.3 Å². The molecule has 0 saturated carbocycles. The number of nitrogens with zero attached hydrogens (tertiary/aromatic N) is 2. The fourth-order valence-corrected chi connectivity index (χ4v) is 2.27. The molecule has 2 aromatic rings. The maximum atomic E-state index is 12.5. The zero-order valence-corrected chi connectivity index (χ0v) is 13.9. The van der Waals surface area contributed by atoms with Gasteiger partial charge in [0.15, 0.2) is 0 Å². The lowest BCUT2D eigenvalue weighted by Gasteiger charge is -2.12. The van der Waals surface area contributed by atoms with E-state index >= 15 is 0 Å². The second-order valence-electron chi connectivity index (χ2n) is 5.98. The van der Waals surface area contributed by atoms with Gasteiger partial charge in [-0.1, -0.05) is 50.6 Å². The van der Waals surface area contributed by atoms with Crippen LogP contribution in [0.25, 0.3) is 11.3 Å². The van der Waals surface area contributed by atoms with Crippen molar-refractivity contribution in [2.75, 3.05) is 0 Å². The Morgan fingerprint density at radius 3 is 2.50 bits per heavy atom. The van der Waals surface area contributed by atoms with Crippen LogP contribution in [0.1, 0.15) is 38.3 Å². The van der Waals surface area contributed by atoms with Crippen molar-refractivity contribution in [1.29, 1.82) is 0 Å². The molecule has 1 heterocycles. The fourth-order valence-electron chi connectivity index (χ4n) is 2.27. The van der Waals surface area contributed by atoms with Crippen molar-refractivity contribution in [1.82, 2.24) is 15.1 Å². The molecule has 0 aliphatic rings. The molecule has 22 heavy (non-hydrogen) atoms. The van der Waals surface area contributed by atoms with Gasteiger partial charge in [-0.2, -0.15) is 5.10 Å². The molecule has 2 rings (SSSR count). The van der Waals surface area contributed by atoms with Crippen LogP contribution >= 0.6 is 0 Å². The summed E-state index contributed by atoms with van der Waals surface area (Å²) in [6.45, 7) is 9.49. The van der Waals surface area contributed by atoms with Crippen LogP contribution in [0.15, 0.2) is 35.1 Å². The predicted octanol–water partition coefficient (Wildman–Crippen LogP) is 3.13. The van der Waals surface area contributed by atoms with E-state index in [1.54, 1.807) is 4.68 Å².